The van der Waals surface area contributed by atoms with Gasteiger partial charge in [0.15, 0.2) is 0 Å². The molecule has 1 fully saturated rings. The quantitative estimate of drug-likeness (QED) is 0.159. The second-order valence-corrected chi connectivity index (χ2v) is 15.0. The van der Waals surface area contributed by atoms with Crippen LogP contribution in [0.25, 0.3) is 0 Å². The molecule has 0 radical (unpaired) electrons. The molecule has 0 saturated heterocycles. The summed E-state index contributed by atoms with van der Waals surface area (Å²) in [5, 5.41) is 3.52. The van der Waals surface area contributed by atoms with Gasteiger partial charge in [0.25, 0.3) is 10.0 Å². The second kappa shape index (κ2) is 16.4. The minimum absolute atomic E-state index is 0.00837. The third-order valence-corrected chi connectivity index (χ3v) is 11.0. The molecule has 4 aromatic rings. The molecule has 1 atom stereocenters. The van der Waals surface area contributed by atoms with Crippen molar-refractivity contribution in [3.63, 3.8) is 0 Å². The van der Waals surface area contributed by atoms with Crippen molar-refractivity contribution in [3.05, 3.63) is 124 Å². The van der Waals surface area contributed by atoms with Crippen LogP contribution < -0.4 is 14.4 Å². The first kappa shape index (κ1) is 36.0. The van der Waals surface area contributed by atoms with E-state index < -0.39 is 28.5 Å². The lowest BCUT2D eigenvalue weighted by molar-refractivity contribution is -0.140. The first-order chi connectivity index (χ1) is 23.5. The van der Waals surface area contributed by atoms with Crippen LogP contribution in [0.1, 0.15) is 54.4 Å². The lowest BCUT2D eigenvalue weighted by Gasteiger charge is -2.35. The molecule has 10 heteroatoms. The molecule has 4 aromatic carbocycles. The number of aryl methyl sites for hydroxylation is 2. The standard InChI is InChI=1S/C39H44ClN3O5S/c1-28-17-20-34(21-18-28)49(46,47)43(35-25-32(40)19-22-37(35)48-3)27-38(44)42(26-31-14-10-11-29(2)23-31)36(24-30-12-6-4-7-13-30)39(45)41-33-15-8-5-9-16-33/h4,6-7,10-14,17-23,25,33,36H,5,8-9,15-16,24,26-27H2,1-3H3,(H,41,45)/t36-/m1/s1. The summed E-state index contributed by atoms with van der Waals surface area (Å²) in [5.74, 6) is -0.571. The predicted molar refractivity (Wildman–Crippen MR) is 194 cm³/mol. The molecular formula is C39H44ClN3O5S. The van der Waals surface area contributed by atoms with Gasteiger partial charge in [-0.25, -0.2) is 8.42 Å². The highest BCUT2D eigenvalue weighted by Crippen LogP contribution is 2.35. The smallest absolute Gasteiger partial charge is 0.264 e. The van der Waals surface area contributed by atoms with E-state index in [1.54, 1.807) is 24.3 Å². The van der Waals surface area contributed by atoms with Gasteiger partial charge in [-0.1, -0.05) is 109 Å². The molecule has 0 aromatic heterocycles. The predicted octanol–water partition coefficient (Wildman–Crippen LogP) is 7.25. The SMILES string of the molecule is COc1ccc(Cl)cc1N(CC(=O)N(Cc1cccc(C)c1)[C@H](Cc1ccccc1)C(=O)NC1CCCCC1)S(=O)(=O)c1ccc(C)cc1. The van der Waals surface area contributed by atoms with Crippen LogP contribution in [0.15, 0.2) is 102 Å². The number of sulfonamides is 1. The molecule has 49 heavy (non-hydrogen) atoms. The Morgan fingerprint density at radius 1 is 0.857 bits per heavy atom. The van der Waals surface area contributed by atoms with Crippen LogP contribution in [0.4, 0.5) is 5.69 Å². The Hall–Kier alpha value is -4.34. The molecule has 1 N–H and O–H groups in total. The van der Waals surface area contributed by atoms with E-state index in [1.165, 1.54) is 30.2 Å². The van der Waals surface area contributed by atoms with E-state index in [0.717, 1.165) is 58.7 Å². The van der Waals surface area contributed by atoms with E-state index in [4.69, 9.17) is 16.3 Å². The van der Waals surface area contributed by atoms with E-state index in [1.807, 2.05) is 68.4 Å². The Morgan fingerprint density at radius 2 is 1.55 bits per heavy atom. The summed E-state index contributed by atoms with van der Waals surface area (Å²) < 4.78 is 35.5. The fraction of sp³-hybridized carbons (Fsp3) is 0.333. The van der Waals surface area contributed by atoms with Gasteiger partial charge in [-0.3, -0.25) is 13.9 Å². The average Bonchev–Trinajstić information content (AvgIpc) is 3.09. The highest BCUT2D eigenvalue weighted by Gasteiger charge is 2.36. The van der Waals surface area contributed by atoms with Gasteiger partial charge in [0.2, 0.25) is 11.8 Å². The van der Waals surface area contributed by atoms with Crippen molar-refractivity contribution >= 4 is 39.1 Å². The zero-order chi connectivity index (χ0) is 35.0. The number of nitrogens with zero attached hydrogens (tertiary/aromatic N) is 2. The molecule has 8 nitrogen and oxygen atoms in total. The molecule has 1 aliphatic rings. The lowest BCUT2D eigenvalue weighted by Crippen LogP contribution is -2.55. The molecule has 0 heterocycles. The van der Waals surface area contributed by atoms with E-state index in [-0.39, 0.29) is 46.3 Å². The number of benzene rings is 4. The van der Waals surface area contributed by atoms with Crippen LogP contribution in [0.3, 0.4) is 0 Å². The molecule has 0 spiro atoms. The minimum atomic E-state index is -4.31. The number of carbonyl (C=O) groups excluding carboxylic acids is 2. The maximum atomic E-state index is 14.8. The fourth-order valence-corrected chi connectivity index (χ4v) is 7.90. The Morgan fingerprint density at radius 3 is 2.22 bits per heavy atom. The summed E-state index contributed by atoms with van der Waals surface area (Å²) in [6.07, 6.45) is 5.22. The van der Waals surface area contributed by atoms with Gasteiger partial charge < -0.3 is 15.0 Å². The Balaban J connectivity index is 1.60. The van der Waals surface area contributed by atoms with Gasteiger partial charge >= 0.3 is 0 Å². The minimum Gasteiger partial charge on any atom is -0.495 e. The molecule has 0 aliphatic heterocycles. The number of rotatable bonds is 13. The van der Waals surface area contributed by atoms with Crippen molar-refractivity contribution in [3.8, 4) is 5.75 Å². The van der Waals surface area contributed by atoms with Crippen LogP contribution in [0.5, 0.6) is 5.75 Å². The van der Waals surface area contributed by atoms with E-state index in [9.17, 15) is 18.0 Å². The highest BCUT2D eigenvalue weighted by molar-refractivity contribution is 7.92. The molecule has 1 aliphatic carbocycles. The average molecular weight is 702 g/mol. The normalized spacial score (nSPS) is 14.1. The number of methoxy groups -OCH3 is 1. The molecule has 5 rings (SSSR count). The van der Waals surface area contributed by atoms with Crippen LogP contribution in [0.2, 0.25) is 5.02 Å². The van der Waals surface area contributed by atoms with Crippen LogP contribution in [-0.2, 0) is 32.6 Å². The maximum Gasteiger partial charge on any atom is 0.264 e. The van der Waals surface area contributed by atoms with Crippen molar-refractivity contribution in [2.24, 2.45) is 0 Å². The van der Waals surface area contributed by atoms with Crippen molar-refractivity contribution in [1.29, 1.82) is 0 Å². The van der Waals surface area contributed by atoms with Crippen molar-refractivity contribution in [2.45, 2.75) is 75.9 Å². The van der Waals surface area contributed by atoms with Gasteiger partial charge in [0, 0.05) is 24.0 Å². The van der Waals surface area contributed by atoms with E-state index in [0.29, 0.717) is 0 Å². The van der Waals surface area contributed by atoms with Gasteiger partial charge in [0.1, 0.15) is 18.3 Å². The Labute approximate surface area is 295 Å². The number of ether oxygens (including phenoxy) is 1. The first-order valence-electron chi connectivity index (χ1n) is 16.7. The summed E-state index contributed by atoms with van der Waals surface area (Å²) in [7, 11) is -2.88. The molecule has 2 amide bonds. The number of halogens is 1. The summed E-state index contributed by atoms with van der Waals surface area (Å²) in [6, 6.07) is 27.5. The number of hydrogen-bond acceptors (Lipinski definition) is 5. The second-order valence-electron chi connectivity index (χ2n) is 12.7. The summed E-state index contributed by atoms with van der Waals surface area (Å²) in [6.45, 7) is 3.34. The number of anilines is 1. The highest BCUT2D eigenvalue weighted by atomic mass is 35.5. The summed E-state index contributed by atoms with van der Waals surface area (Å²) in [5.41, 5.74) is 3.72. The van der Waals surface area contributed by atoms with Crippen LogP contribution >= 0.6 is 11.6 Å². The maximum absolute atomic E-state index is 14.8. The van der Waals surface area contributed by atoms with Gasteiger partial charge in [0.05, 0.1) is 17.7 Å². The Kier molecular flexibility index (Phi) is 12.0. The zero-order valence-electron chi connectivity index (χ0n) is 28.3. The fourth-order valence-electron chi connectivity index (χ4n) is 6.31. The van der Waals surface area contributed by atoms with Crippen molar-refractivity contribution in [1.82, 2.24) is 10.2 Å². The lowest BCUT2D eigenvalue weighted by atomic mass is 9.94. The van der Waals surface area contributed by atoms with E-state index >= 15 is 0 Å². The number of amides is 2. The molecule has 258 valence electrons. The Bertz CT molecular complexity index is 1840. The van der Waals surface area contributed by atoms with Crippen LogP contribution in [-0.4, -0.2) is 50.9 Å². The van der Waals surface area contributed by atoms with Gasteiger partial charge in [-0.15, -0.1) is 0 Å². The summed E-state index contributed by atoms with van der Waals surface area (Å²) in [4.78, 5) is 30.7. The van der Waals surface area contributed by atoms with Gasteiger partial charge in [-0.2, -0.15) is 0 Å². The third-order valence-electron chi connectivity index (χ3n) is 8.96. The number of carbonyl (C=O) groups is 2. The topological polar surface area (TPSA) is 96.0 Å². The molecule has 0 bridgehead atoms. The zero-order valence-corrected chi connectivity index (χ0v) is 29.8. The molecular weight excluding hydrogens is 658 g/mol. The number of hydrogen-bond donors (Lipinski definition) is 1. The number of nitrogens with one attached hydrogen (secondary N) is 1. The molecule has 0 unspecified atom stereocenters. The first-order valence-corrected chi connectivity index (χ1v) is 18.5. The van der Waals surface area contributed by atoms with Crippen molar-refractivity contribution in [2.75, 3.05) is 18.0 Å². The molecule has 1 saturated carbocycles. The van der Waals surface area contributed by atoms with E-state index in [2.05, 4.69) is 5.32 Å². The van der Waals surface area contributed by atoms with Gasteiger partial charge in [-0.05, 0) is 68.1 Å². The van der Waals surface area contributed by atoms with Crippen LogP contribution in [0, 0.1) is 13.8 Å². The summed E-state index contributed by atoms with van der Waals surface area (Å²) >= 11 is 6.41. The van der Waals surface area contributed by atoms with Crippen molar-refractivity contribution < 1.29 is 22.7 Å². The largest absolute Gasteiger partial charge is 0.495 e. The third kappa shape index (κ3) is 9.22. The monoisotopic (exact) mass is 701 g/mol.